The van der Waals surface area contributed by atoms with Crippen LogP contribution in [0, 0.1) is 0 Å². The maximum absolute atomic E-state index is 10.8. The molecule has 3 N–H and O–H groups in total. The van der Waals surface area contributed by atoms with Gasteiger partial charge < -0.3 is 5.73 Å². The maximum atomic E-state index is 10.8. The molecule has 1 amide bonds. The van der Waals surface area contributed by atoms with Crippen LogP contribution < -0.4 is 15.7 Å². The third-order valence-electron chi connectivity index (χ3n) is 1.59. The average Bonchev–Trinajstić information content (AvgIpc) is 2.47. The van der Waals surface area contributed by atoms with Gasteiger partial charge in [0.05, 0.1) is 6.54 Å². The van der Waals surface area contributed by atoms with Crippen molar-refractivity contribution in [3.05, 3.63) is 18.3 Å². The van der Waals surface area contributed by atoms with Crippen LogP contribution in [0.3, 0.4) is 0 Å². The Kier molecular flexibility index (Phi) is 3.35. The Morgan fingerprint density at radius 3 is 3.07 bits per heavy atom. The molecule has 0 aliphatic carbocycles. The molecule has 0 unspecified atom stereocenters. The first-order valence-corrected chi connectivity index (χ1v) is 4.16. The van der Waals surface area contributed by atoms with Crippen molar-refractivity contribution >= 4 is 11.8 Å². The highest BCUT2D eigenvalue weighted by molar-refractivity contribution is 5.87. The summed E-state index contributed by atoms with van der Waals surface area (Å²) in [6.45, 7) is 5.70. The van der Waals surface area contributed by atoms with Crippen LogP contribution in [0.2, 0.25) is 0 Å². The van der Waals surface area contributed by atoms with Gasteiger partial charge in [-0.05, 0) is 10.8 Å². The van der Waals surface area contributed by atoms with E-state index in [1.54, 1.807) is 6.08 Å². The van der Waals surface area contributed by atoms with Crippen molar-refractivity contribution in [3.63, 3.8) is 0 Å². The number of nitrogens with one attached hydrogen (secondary N) is 1. The van der Waals surface area contributed by atoms with Gasteiger partial charge in [0.1, 0.15) is 0 Å². The van der Waals surface area contributed by atoms with Gasteiger partial charge in [0.2, 0.25) is 11.2 Å². The van der Waals surface area contributed by atoms with Crippen molar-refractivity contribution in [2.24, 2.45) is 5.73 Å². The van der Waals surface area contributed by atoms with Gasteiger partial charge in [0.15, 0.2) is 6.54 Å². The second kappa shape index (κ2) is 4.52. The minimum absolute atomic E-state index is 0.221. The Morgan fingerprint density at radius 2 is 2.57 bits per heavy atom. The molecule has 0 saturated carbocycles. The molecule has 0 radical (unpaired) electrons. The molecule has 6 heteroatoms. The lowest BCUT2D eigenvalue weighted by atomic mass is 10.4. The van der Waals surface area contributed by atoms with Crippen LogP contribution in [0.4, 0.5) is 5.88 Å². The Bertz CT molecular complexity index is 345. The molecule has 0 aromatic carbocycles. The molecule has 0 aliphatic heterocycles. The van der Waals surface area contributed by atoms with Gasteiger partial charge in [-0.2, -0.15) is 0 Å². The first kappa shape index (κ1) is 10.4. The molecule has 1 aromatic heterocycles. The van der Waals surface area contributed by atoms with E-state index in [0.717, 1.165) is 0 Å². The number of nitrogens with zero attached hydrogens (tertiary/aromatic N) is 2. The van der Waals surface area contributed by atoms with Crippen LogP contribution in [-0.4, -0.2) is 11.2 Å². The number of hydrogen-bond donors (Lipinski definition) is 2. The van der Waals surface area contributed by atoms with Crippen LogP contribution >= 0.6 is 0 Å². The lowest BCUT2D eigenvalue weighted by molar-refractivity contribution is -0.759. The van der Waals surface area contributed by atoms with Crippen molar-refractivity contribution in [1.82, 2.24) is 5.27 Å². The highest BCUT2D eigenvalue weighted by atomic mass is 16.5. The minimum atomic E-state index is -0.221. The van der Waals surface area contributed by atoms with E-state index >= 15 is 0 Å². The fourth-order valence-electron chi connectivity index (χ4n) is 1.03. The summed E-state index contributed by atoms with van der Waals surface area (Å²) in [6.07, 6.45) is 1.67. The fourth-order valence-corrected chi connectivity index (χ4v) is 1.03. The summed E-state index contributed by atoms with van der Waals surface area (Å²) in [6, 6.07) is 0. The van der Waals surface area contributed by atoms with Crippen molar-refractivity contribution in [2.75, 3.05) is 5.32 Å². The average molecular weight is 197 g/mol. The quantitative estimate of drug-likeness (QED) is 0.506. The van der Waals surface area contributed by atoms with Crippen molar-refractivity contribution in [2.45, 2.75) is 20.0 Å². The molecule has 0 saturated heterocycles. The van der Waals surface area contributed by atoms with E-state index in [2.05, 4.69) is 17.2 Å². The summed E-state index contributed by atoms with van der Waals surface area (Å²) in [7, 11) is 0. The molecule has 1 aromatic rings. The summed E-state index contributed by atoms with van der Waals surface area (Å²) >= 11 is 0. The number of carbonyl (C=O) groups is 1. The lowest BCUT2D eigenvalue weighted by Gasteiger charge is -1.93. The molecule has 1 rings (SSSR count). The van der Waals surface area contributed by atoms with Gasteiger partial charge in [-0.25, -0.2) is 0 Å². The number of allylic oxidation sites excluding steroid dienone is 1. The highest BCUT2D eigenvalue weighted by Crippen LogP contribution is 2.08. The molecule has 0 bridgehead atoms. The summed E-state index contributed by atoms with van der Waals surface area (Å²) in [5.74, 6) is 0.0726. The molecule has 0 aliphatic rings. The first-order valence-electron chi connectivity index (χ1n) is 4.16. The van der Waals surface area contributed by atoms with Crippen LogP contribution in [0.25, 0.3) is 0 Å². The zero-order chi connectivity index (χ0) is 10.6. The molecule has 76 valence electrons. The van der Waals surface area contributed by atoms with Crippen LogP contribution in [-0.2, 0) is 17.9 Å². The van der Waals surface area contributed by atoms with Gasteiger partial charge in [-0.15, -0.1) is 0 Å². The molecule has 0 spiro atoms. The van der Waals surface area contributed by atoms with Crippen molar-refractivity contribution in [1.29, 1.82) is 0 Å². The van der Waals surface area contributed by atoms with E-state index in [9.17, 15) is 4.79 Å². The Morgan fingerprint density at radius 1 is 1.86 bits per heavy atom. The van der Waals surface area contributed by atoms with Crippen LogP contribution in [0.1, 0.15) is 12.6 Å². The van der Waals surface area contributed by atoms with E-state index in [0.29, 0.717) is 18.1 Å². The number of hydrogen-bond acceptors (Lipinski definition) is 4. The van der Waals surface area contributed by atoms with E-state index in [1.165, 1.54) is 11.6 Å². The zero-order valence-corrected chi connectivity index (χ0v) is 7.99. The molecular weight excluding hydrogens is 184 g/mol. The Labute approximate surface area is 81.3 Å². The molecular formula is C8H13N4O2+. The number of anilines is 1. The number of amides is 1. The van der Waals surface area contributed by atoms with Crippen molar-refractivity contribution in [3.8, 4) is 0 Å². The summed E-state index contributed by atoms with van der Waals surface area (Å²) in [5, 5.41) is 6.21. The van der Waals surface area contributed by atoms with Crippen molar-refractivity contribution < 1.29 is 14.0 Å². The summed E-state index contributed by atoms with van der Waals surface area (Å²) in [5.41, 5.74) is 6.13. The van der Waals surface area contributed by atoms with Gasteiger partial charge >= 0.3 is 5.88 Å². The zero-order valence-electron chi connectivity index (χ0n) is 7.99. The van der Waals surface area contributed by atoms with Gasteiger partial charge in [0, 0.05) is 6.92 Å². The maximum Gasteiger partial charge on any atom is 0.306 e. The SMILES string of the molecule is C=CC[n+]1noc(NC(C)=O)c1CN. The Hall–Kier alpha value is -1.69. The fraction of sp³-hybridized carbons (Fsp3) is 0.375. The third-order valence-corrected chi connectivity index (χ3v) is 1.59. The second-order valence-electron chi connectivity index (χ2n) is 2.70. The number of aromatic nitrogens is 2. The largest absolute Gasteiger partial charge is 0.321 e. The predicted octanol–water partition coefficient (Wildman–Crippen LogP) is -0.435. The number of carbonyl (C=O) groups excluding carboxylic acids is 1. The number of nitrogens with two attached hydrogens (primary N) is 1. The lowest BCUT2D eigenvalue weighted by Crippen LogP contribution is -2.39. The monoisotopic (exact) mass is 197 g/mol. The third kappa shape index (κ3) is 2.17. The predicted molar refractivity (Wildman–Crippen MR) is 49.1 cm³/mol. The summed E-state index contributed by atoms with van der Waals surface area (Å²) < 4.78 is 6.44. The molecule has 0 atom stereocenters. The smallest absolute Gasteiger partial charge is 0.306 e. The first-order chi connectivity index (χ1) is 6.69. The van der Waals surface area contributed by atoms with Gasteiger partial charge in [-0.1, -0.05) is 6.58 Å². The second-order valence-corrected chi connectivity index (χ2v) is 2.70. The molecule has 14 heavy (non-hydrogen) atoms. The topological polar surface area (TPSA) is 85.0 Å². The van der Waals surface area contributed by atoms with Crippen LogP contribution in [0.5, 0.6) is 0 Å². The van der Waals surface area contributed by atoms with E-state index in [-0.39, 0.29) is 12.5 Å². The highest BCUT2D eigenvalue weighted by Gasteiger charge is 2.22. The standard InChI is InChI=1S/C8H12N4O2/c1-3-4-12-7(5-9)8(14-11-12)10-6(2)13/h3H,1,4-5,9H2,2H3/p+1. The molecule has 0 fully saturated rings. The molecule has 6 nitrogen and oxygen atoms in total. The Balaban J connectivity index is 2.94. The van der Waals surface area contributed by atoms with Gasteiger partial charge in [0.25, 0.3) is 5.69 Å². The van der Waals surface area contributed by atoms with Crippen LogP contribution in [0.15, 0.2) is 17.2 Å². The molecule has 1 heterocycles. The van der Waals surface area contributed by atoms with E-state index in [1.807, 2.05) is 0 Å². The minimum Gasteiger partial charge on any atom is -0.321 e. The van der Waals surface area contributed by atoms with E-state index < -0.39 is 0 Å². The van der Waals surface area contributed by atoms with E-state index in [4.69, 9.17) is 10.3 Å². The van der Waals surface area contributed by atoms with Gasteiger partial charge in [-0.3, -0.25) is 14.6 Å². The summed E-state index contributed by atoms with van der Waals surface area (Å²) in [4.78, 5) is 10.8. The number of rotatable bonds is 4. The normalized spacial score (nSPS) is 9.86.